The van der Waals surface area contributed by atoms with Crippen LogP contribution in [0.1, 0.15) is 49.4 Å². The van der Waals surface area contributed by atoms with Crippen LogP contribution < -0.4 is 16.4 Å². The molecule has 0 saturated heterocycles. The summed E-state index contributed by atoms with van der Waals surface area (Å²) in [5.74, 6) is -0.514. The minimum Gasteiger partial charge on any atom is -0.379 e. The maximum absolute atomic E-state index is 11.7. The van der Waals surface area contributed by atoms with Gasteiger partial charge in [-0.25, -0.2) is 0 Å². The fraction of sp³-hybridized carbons (Fsp3) is 0.538. The van der Waals surface area contributed by atoms with Crippen molar-refractivity contribution in [2.24, 2.45) is 5.73 Å². The molecule has 0 bridgehead atoms. The highest BCUT2D eigenvalue weighted by atomic mass is 32.1. The van der Waals surface area contributed by atoms with Crippen LogP contribution in [-0.2, 0) is 4.79 Å². The molecular weight excluding hydrogens is 262 g/mol. The van der Waals surface area contributed by atoms with Gasteiger partial charge in [-0.15, -0.1) is 11.3 Å². The van der Waals surface area contributed by atoms with E-state index >= 15 is 0 Å². The second kappa shape index (κ2) is 7.78. The predicted octanol–water partition coefficient (Wildman–Crippen LogP) is 2.80. The zero-order chi connectivity index (χ0) is 14.3. The van der Waals surface area contributed by atoms with Gasteiger partial charge in [0.05, 0.1) is 10.6 Å². The molecule has 1 heterocycles. The first-order valence-corrected chi connectivity index (χ1v) is 7.31. The number of nitrogens with one attached hydrogen (secondary N) is 2. The van der Waals surface area contributed by atoms with Crippen LogP contribution in [0.2, 0.25) is 0 Å². The van der Waals surface area contributed by atoms with Gasteiger partial charge in [0.15, 0.2) is 0 Å². The largest absolute Gasteiger partial charge is 0.379 e. The lowest BCUT2D eigenvalue weighted by atomic mass is 10.1. The third-order valence-corrected chi connectivity index (χ3v) is 3.81. The first-order chi connectivity index (χ1) is 9.08. The maximum atomic E-state index is 11.7. The van der Waals surface area contributed by atoms with Crippen LogP contribution in [0.15, 0.2) is 6.07 Å². The summed E-state index contributed by atoms with van der Waals surface area (Å²) in [7, 11) is 1.72. The number of primary amides is 1. The average molecular weight is 283 g/mol. The molecule has 1 aromatic heterocycles. The summed E-state index contributed by atoms with van der Waals surface area (Å²) >= 11 is 1.32. The van der Waals surface area contributed by atoms with E-state index in [9.17, 15) is 9.59 Å². The summed E-state index contributed by atoms with van der Waals surface area (Å²) < 4.78 is 0. The minimum atomic E-state index is -0.496. The normalized spacial score (nSPS) is 10.2. The Balaban J connectivity index is 2.52. The van der Waals surface area contributed by atoms with Gasteiger partial charge in [0.25, 0.3) is 5.91 Å². The highest BCUT2D eigenvalue weighted by Gasteiger charge is 2.13. The number of amides is 2. The zero-order valence-corrected chi connectivity index (χ0v) is 12.2. The van der Waals surface area contributed by atoms with Crippen molar-refractivity contribution < 1.29 is 9.59 Å². The van der Waals surface area contributed by atoms with Crippen molar-refractivity contribution in [1.82, 2.24) is 0 Å². The molecule has 1 rings (SSSR count). The van der Waals surface area contributed by atoms with Crippen LogP contribution in [0.3, 0.4) is 0 Å². The first-order valence-electron chi connectivity index (χ1n) is 6.49. The van der Waals surface area contributed by atoms with Gasteiger partial charge in [-0.3, -0.25) is 9.59 Å². The fourth-order valence-corrected chi connectivity index (χ4v) is 2.67. The van der Waals surface area contributed by atoms with Crippen LogP contribution in [-0.4, -0.2) is 18.9 Å². The van der Waals surface area contributed by atoms with Gasteiger partial charge in [-0.05, 0) is 12.5 Å². The fourth-order valence-electron chi connectivity index (χ4n) is 1.73. The van der Waals surface area contributed by atoms with E-state index in [0.717, 1.165) is 25.7 Å². The molecule has 0 aliphatic carbocycles. The van der Waals surface area contributed by atoms with Gasteiger partial charge < -0.3 is 16.4 Å². The number of carbonyl (C=O) groups excluding carboxylic acids is 2. The molecule has 6 heteroatoms. The lowest BCUT2D eigenvalue weighted by Gasteiger charge is -2.01. The monoisotopic (exact) mass is 283 g/mol. The molecule has 1 aromatic rings. The van der Waals surface area contributed by atoms with Gasteiger partial charge >= 0.3 is 0 Å². The number of nitrogens with two attached hydrogens (primary N) is 1. The molecular formula is C13H21N3O2S. The molecule has 0 unspecified atom stereocenters. The quantitative estimate of drug-likeness (QED) is 0.641. The van der Waals surface area contributed by atoms with Gasteiger partial charge in [0.2, 0.25) is 5.91 Å². The van der Waals surface area contributed by atoms with Gasteiger partial charge in [0.1, 0.15) is 5.00 Å². The van der Waals surface area contributed by atoms with E-state index in [1.165, 1.54) is 11.3 Å². The molecule has 0 aromatic carbocycles. The first kappa shape index (κ1) is 15.5. The van der Waals surface area contributed by atoms with Crippen LogP contribution in [0.4, 0.5) is 10.0 Å². The summed E-state index contributed by atoms with van der Waals surface area (Å²) in [5, 5.41) is 7.02. The molecule has 4 N–H and O–H groups in total. The van der Waals surface area contributed by atoms with Crippen molar-refractivity contribution in [2.75, 3.05) is 17.7 Å². The second-order valence-corrected chi connectivity index (χ2v) is 5.38. The van der Waals surface area contributed by atoms with E-state index in [1.54, 1.807) is 13.1 Å². The summed E-state index contributed by atoms with van der Waals surface area (Å²) in [6.45, 7) is 2.14. The maximum Gasteiger partial charge on any atom is 0.251 e. The predicted molar refractivity (Wildman–Crippen MR) is 79.8 cm³/mol. The minimum absolute atomic E-state index is 0.0176. The van der Waals surface area contributed by atoms with Crippen molar-refractivity contribution in [2.45, 2.75) is 39.0 Å². The second-order valence-electron chi connectivity index (χ2n) is 4.33. The number of rotatable bonds is 8. The summed E-state index contributed by atoms with van der Waals surface area (Å²) in [4.78, 5) is 22.9. The molecule has 0 fully saturated rings. The Hall–Kier alpha value is -1.56. The lowest BCUT2D eigenvalue weighted by Crippen LogP contribution is -2.12. The molecule has 2 amide bonds. The van der Waals surface area contributed by atoms with E-state index in [2.05, 4.69) is 17.6 Å². The molecule has 0 spiro atoms. The molecule has 0 radical (unpaired) electrons. The SMILES string of the molecule is CCCCCCC(=O)Nc1cc(C(N)=O)c(NC)s1. The Kier molecular flexibility index (Phi) is 6.35. The Morgan fingerprint density at radius 3 is 2.58 bits per heavy atom. The number of anilines is 2. The van der Waals surface area contributed by atoms with E-state index in [4.69, 9.17) is 5.73 Å². The summed E-state index contributed by atoms with van der Waals surface area (Å²) in [6.07, 6.45) is 4.79. The van der Waals surface area contributed by atoms with Gasteiger partial charge in [0, 0.05) is 13.5 Å². The lowest BCUT2D eigenvalue weighted by molar-refractivity contribution is -0.116. The number of hydrogen-bond donors (Lipinski definition) is 3. The third kappa shape index (κ3) is 4.90. The molecule has 106 valence electrons. The van der Waals surface area contributed by atoms with Crippen molar-refractivity contribution in [3.05, 3.63) is 11.6 Å². The summed E-state index contributed by atoms with van der Waals surface area (Å²) in [6, 6.07) is 1.61. The molecule has 5 nitrogen and oxygen atoms in total. The molecule has 0 saturated carbocycles. The van der Waals surface area contributed by atoms with Gasteiger partial charge in [-0.2, -0.15) is 0 Å². The Morgan fingerprint density at radius 2 is 2.05 bits per heavy atom. The number of thiophene rings is 1. The number of carbonyl (C=O) groups is 2. The molecule has 0 aliphatic rings. The van der Waals surface area contributed by atoms with Crippen LogP contribution >= 0.6 is 11.3 Å². The Bertz CT molecular complexity index is 443. The third-order valence-electron chi connectivity index (χ3n) is 2.74. The molecule has 0 atom stereocenters. The van der Waals surface area contributed by atoms with Crippen LogP contribution in [0.25, 0.3) is 0 Å². The topological polar surface area (TPSA) is 84.2 Å². The van der Waals surface area contributed by atoms with Crippen LogP contribution in [0.5, 0.6) is 0 Å². The molecule has 0 aliphatic heterocycles. The van der Waals surface area contributed by atoms with Crippen molar-refractivity contribution >= 4 is 33.2 Å². The Morgan fingerprint density at radius 1 is 1.32 bits per heavy atom. The van der Waals surface area contributed by atoms with Crippen molar-refractivity contribution in [3.8, 4) is 0 Å². The van der Waals surface area contributed by atoms with E-state index in [1.807, 2.05) is 0 Å². The number of unbranched alkanes of at least 4 members (excludes halogenated alkanes) is 3. The Labute approximate surface area is 117 Å². The van der Waals surface area contributed by atoms with Gasteiger partial charge in [-0.1, -0.05) is 26.2 Å². The zero-order valence-electron chi connectivity index (χ0n) is 11.4. The molecule has 19 heavy (non-hydrogen) atoms. The number of hydrogen-bond acceptors (Lipinski definition) is 4. The highest BCUT2D eigenvalue weighted by Crippen LogP contribution is 2.31. The van der Waals surface area contributed by atoms with Crippen molar-refractivity contribution in [1.29, 1.82) is 0 Å². The van der Waals surface area contributed by atoms with Crippen molar-refractivity contribution in [3.63, 3.8) is 0 Å². The van der Waals surface area contributed by atoms with E-state index < -0.39 is 5.91 Å². The summed E-state index contributed by atoms with van der Waals surface area (Å²) in [5.41, 5.74) is 5.67. The smallest absolute Gasteiger partial charge is 0.251 e. The standard InChI is InChI=1S/C13H21N3O2S/c1-3-4-5-6-7-10(17)16-11-8-9(12(14)18)13(15-2)19-11/h8,15H,3-7H2,1-2H3,(H2,14,18)(H,16,17). The van der Waals surface area contributed by atoms with E-state index in [0.29, 0.717) is 22.0 Å². The van der Waals surface area contributed by atoms with Crippen LogP contribution in [0, 0.1) is 0 Å². The highest BCUT2D eigenvalue weighted by molar-refractivity contribution is 7.20. The van der Waals surface area contributed by atoms with E-state index in [-0.39, 0.29) is 5.91 Å². The average Bonchev–Trinajstić information content (AvgIpc) is 2.78.